The van der Waals surface area contributed by atoms with Gasteiger partial charge in [0.25, 0.3) is 11.8 Å². The van der Waals surface area contributed by atoms with Crippen LogP contribution >= 0.6 is 0 Å². The molecule has 32 heavy (non-hydrogen) atoms. The smallest absolute Gasteiger partial charge is 0.282 e. The van der Waals surface area contributed by atoms with Crippen LogP contribution in [0.5, 0.6) is 5.75 Å². The molecule has 0 aliphatic carbocycles. The van der Waals surface area contributed by atoms with Crippen LogP contribution in [-0.2, 0) is 9.59 Å². The Balaban J connectivity index is 1.67. The molecule has 0 atom stereocenters. The van der Waals surface area contributed by atoms with Crippen LogP contribution in [0, 0.1) is 0 Å². The summed E-state index contributed by atoms with van der Waals surface area (Å²) in [5.41, 5.74) is 2.39. The van der Waals surface area contributed by atoms with E-state index in [-0.39, 0.29) is 11.6 Å². The van der Waals surface area contributed by atoms with E-state index in [0.717, 1.165) is 10.8 Å². The van der Waals surface area contributed by atoms with E-state index in [2.05, 4.69) is 5.32 Å². The minimum Gasteiger partial charge on any atom is -0.495 e. The Hall–Kier alpha value is -4.38. The maximum Gasteiger partial charge on any atom is 0.282 e. The van der Waals surface area contributed by atoms with Gasteiger partial charge in [-0.05, 0) is 29.1 Å². The van der Waals surface area contributed by atoms with Crippen LogP contribution in [0.3, 0.4) is 0 Å². The number of carbonyl (C=O) groups is 2. The second kappa shape index (κ2) is 8.04. The van der Waals surface area contributed by atoms with Gasteiger partial charge in [0.1, 0.15) is 11.4 Å². The quantitative estimate of drug-likeness (QED) is 0.448. The van der Waals surface area contributed by atoms with Crippen molar-refractivity contribution in [1.29, 1.82) is 0 Å². The predicted molar refractivity (Wildman–Crippen MR) is 126 cm³/mol. The van der Waals surface area contributed by atoms with Gasteiger partial charge >= 0.3 is 0 Å². The summed E-state index contributed by atoms with van der Waals surface area (Å²) in [4.78, 5) is 28.6. The number of ether oxygens (including phenoxy) is 1. The second-order valence-corrected chi connectivity index (χ2v) is 7.39. The van der Waals surface area contributed by atoms with E-state index in [1.165, 1.54) is 4.90 Å². The lowest BCUT2D eigenvalue weighted by molar-refractivity contribution is -0.120. The highest BCUT2D eigenvalue weighted by Crippen LogP contribution is 2.37. The number of benzene rings is 4. The number of hydrogen-bond acceptors (Lipinski definition) is 4. The molecule has 1 aliphatic rings. The Morgan fingerprint density at radius 3 is 2.22 bits per heavy atom. The van der Waals surface area contributed by atoms with Gasteiger partial charge < -0.3 is 10.1 Å². The highest BCUT2D eigenvalue weighted by Gasteiger charge is 2.41. The van der Waals surface area contributed by atoms with E-state index in [0.29, 0.717) is 28.3 Å². The van der Waals surface area contributed by atoms with Crippen LogP contribution in [-0.4, -0.2) is 18.9 Å². The monoisotopic (exact) mass is 420 g/mol. The summed E-state index contributed by atoms with van der Waals surface area (Å²) < 4.78 is 5.43. The topological polar surface area (TPSA) is 58.6 Å². The molecule has 0 radical (unpaired) electrons. The van der Waals surface area contributed by atoms with Crippen molar-refractivity contribution in [2.45, 2.75) is 0 Å². The first-order valence-corrected chi connectivity index (χ1v) is 10.3. The number of carbonyl (C=O) groups excluding carboxylic acids is 2. The summed E-state index contributed by atoms with van der Waals surface area (Å²) in [5, 5.41) is 4.97. The molecule has 0 unspecified atom stereocenters. The molecule has 1 N–H and O–H groups in total. The fourth-order valence-corrected chi connectivity index (χ4v) is 4.02. The van der Waals surface area contributed by atoms with Gasteiger partial charge in [0, 0.05) is 5.39 Å². The van der Waals surface area contributed by atoms with Gasteiger partial charge in [-0.15, -0.1) is 0 Å². The highest BCUT2D eigenvalue weighted by atomic mass is 16.5. The Morgan fingerprint density at radius 1 is 0.719 bits per heavy atom. The van der Waals surface area contributed by atoms with E-state index in [9.17, 15) is 9.59 Å². The van der Waals surface area contributed by atoms with Crippen LogP contribution in [0.1, 0.15) is 5.56 Å². The van der Waals surface area contributed by atoms with Crippen molar-refractivity contribution < 1.29 is 14.3 Å². The fraction of sp³-hybridized carbons (Fsp3) is 0.0370. The molecule has 4 aromatic carbocycles. The number of rotatable bonds is 5. The largest absolute Gasteiger partial charge is 0.495 e. The summed E-state index contributed by atoms with van der Waals surface area (Å²) >= 11 is 0. The van der Waals surface area contributed by atoms with Gasteiger partial charge in [-0.2, -0.15) is 0 Å². The maximum absolute atomic E-state index is 13.7. The lowest BCUT2D eigenvalue weighted by atomic mass is 10.0. The fourth-order valence-electron chi connectivity index (χ4n) is 4.02. The first-order chi connectivity index (χ1) is 15.7. The standard InChI is InChI=1S/C27H20N2O3/c1-32-23-17-8-7-15-21(23)28-25-24(19-11-3-2-4-12-19)26(30)29(27(25)31)22-16-9-13-18-10-5-6-14-20(18)22/h2-17,28H,1H3. The molecule has 0 bridgehead atoms. The van der Waals surface area contributed by atoms with Gasteiger partial charge in [-0.25, -0.2) is 4.90 Å². The lowest BCUT2D eigenvalue weighted by Gasteiger charge is -2.18. The number of anilines is 2. The number of imide groups is 1. The van der Waals surface area contributed by atoms with Crippen molar-refractivity contribution in [3.63, 3.8) is 0 Å². The number of nitrogens with zero attached hydrogens (tertiary/aromatic N) is 1. The zero-order valence-corrected chi connectivity index (χ0v) is 17.4. The molecule has 0 saturated heterocycles. The van der Waals surface area contributed by atoms with Gasteiger partial charge in [0.05, 0.1) is 24.1 Å². The number of hydrogen-bond donors (Lipinski definition) is 1. The van der Waals surface area contributed by atoms with Crippen LogP contribution in [0.2, 0.25) is 0 Å². The molecule has 156 valence electrons. The molecular formula is C27H20N2O3. The number of para-hydroxylation sites is 2. The number of methoxy groups -OCH3 is 1. The SMILES string of the molecule is COc1ccccc1NC1=C(c2ccccc2)C(=O)N(c2cccc3ccccc23)C1=O. The second-order valence-electron chi connectivity index (χ2n) is 7.39. The van der Waals surface area contributed by atoms with E-state index in [1.54, 1.807) is 19.2 Å². The van der Waals surface area contributed by atoms with E-state index < -0.39 is 5.91 Å². The van der Waals surface area contributed by atoms with Crippen molar-refractivity contribution >= 4 is 39.5 Å². The third kappa shape index (κ3) is 3.20. The minimum atomic E-state index is -0.406. The van der Waals surface area contributed by atoms with Gasteiger partial charge in [-0.3, -0.25) is 9.59 Å². The Bertz CT molecular complexity index is 1370. The first-order valence-electron chi connectivity index (χ1n) is 10.3. The molecular weight excluding hydrogens is 400 g/mol. The molecule has 4 aromatic rings. The molecule has 1 heterocycles. The lowest BCUT2D eigenvalue weighted by Crippen LogP contribution is -2.32. The van der Waals surface area contributed by atoms with Gasteiger partial charge in [0.15, 0.2) is 0 Å². The molecule has 2 amide bonds. The third-order valence-electron chi connectivity index (χ3n) is 5.52. The minimum absolute atomic E-state index is 0.221. The van der Waals surface area contributed by atoms with Crippen molar-refractivity contribution in [3.8, 4) is 5.75 Å². The molecule has 0 aromatic heterocycles. The Morgan fingerprint density at radius 2 is 1.41 bits per heavy atom. The zero-order valence-electron chi connectivity index (χ0n) is 17.4. The highest BCUT2D eigenvalue weighted by molar-refractivity contribution is 6.47. The van der Waals surface area contributed by atoms with Gasteiger partial charge in [-0.1, -0.05) is 78.9 Å². The van der Waals surface area contributed by atoms with E-state index >= 15 is 0 Å². The number of fused-ring (bicyclic) bond motifs is 1. The van der Waals surface area contributed by atoms with Crippen molar-refractivity contribution in [2.24, 2.45) is 0 Å². The summed E-state index contributed by atoms with van der Waals surface area (Å²) in [6.45, 7) is 0. The third-order valence-corrected chi connectivity index (χ3v) is 5.52. The van der Waals surface area contributed by atoms with E-state index in [1.807, 2.05) is 84.9 Å². The van der Waals surface area contributed by atoms with Crippen LogP contribution < -0.4 is 15.0 Å². The Kier molecular flexibility index (Phi) is 4.92. The van der Waals surface area contributed by atoms with Gasteiger partial charge in [0.2, 0.25) is 0 Å². The number of amides is 2. The molecule has 5 heteroatoms. The van der Waals surface area contributed by atoms with Crippen LogP contribution in [0.25, 0.3) is 16.3 Å². The summed E-state index contributed by atoms with van der Waals surface area (Å²) in [7, 11) is 1.57. The molecule has 0 fully saturated rings. The molecule has 0 spiro atoms. The molecule has 5 rings (SSSR count). The zero-order chi connectivity index (χ0) is 22.1. The molecule has 0 saturated carbocycles. The Labute approximate surface area is 185 Å². The van der Waals surface area contributed by atoms with E-state index in [4.69, 9.17) is 4.74 Å². The van der Waals surface area contributed by atoms with Crippen molar-refractivity contribution in [3.05, 3.63) is 108 Å². The maximum atomic E-state index is 13.7. The summed E-state index contributed by atoms with van der Waals surface area (Å²) in [6.07, 6.45) is 0. The summed E-state index contributed by atoms with van der Waals surface area (Å²) in [6, 6.07) is 29.9. The molecule has 5 nitrogen and oxygen atoms in total. The summed E-state index contributed by atoms with van der Waals surface area (Å²) in [5.74, 6) is -0.192. The van der Waals surface area contributed by atoms with Crippen LogP contribution in [0.4, 0.5) is 11.4 Å². The average molecular weight is 420 g/mol. The van der Waals surface area contributed by atoms with Crippen molar-refractivity contribution in [2.75, 3.05) is 17.3 Å². The first kappa shape index (κ1) is 19.6. The predicted octanol–water partition coefficient (Wildman–Crippen LogP) is 5.25. The normalized spacial score (nSPS) is 13.7. The number of nitrogens with one attached hydrogen (secondary N) is 1. The van der Waals surface area contributed by atoms with Crippen molar-refractivity contribution in [1.82, 2.24) is 0 Å². The molecule has 1 aliphatic heterocycles. The average Bonchev–Trinajstić information content (AvgIpc) is 3.08. The van der Waals surface area contributed by atoms with Crippen LogP contribution in [0.15, 0.2) is 103 Å².